The zero-order chi connectivity index (χ0) is 16.3. The Bertz CT molecular complexity index is 542. The van der Waals surface area contributed by atoms with Gasteiger partial charge in [-0.3, -0.25) is 9.69 Å². The molecule has 3 amide bonds. The SMILES string of the molecule is CC(C)N1CCN(C(=O)c2ccc(NC(N)=O)cc2)C[C@H]1C. The van der Waals surface area contributed by atoms with Gasteiger partial charge in [-0.25, -0.2) is 4.79 Å². The minimum absolute atomic E-state index is 0.0286. The van der Waals surface area contributed by atoms with Crippen molar-refractivity contribution >= 4 is 17.6 Å². The van der Waals surface area contributed by atoms with E-state index in [1.807, 2.05) is 4.90 Å². The Kier molecular flexibility index (Phi) is 5.03. The van der Waals surface area contributed by atoms with Gasteiger partial charge < -0.3 is 16.0 Å². The van der Waals surface area contributed by atoms with E-state index in [2.05, 4.69) is 31.0 Å². The molecule has 0 spiro atoms. The number of primary amides is 1. The molecule has 1 aromatic rings. The number of nitrogens with zero attached hydrogens (tertiary/aromatic N) is 2. The first-order valence-electron chi connectivity index (χ1n) is 7.60. The molecule has 0 saturated carbocycles. The van der Waals surface area contributed by atoms with E-state index in [0.717, 1.165) is 19.6 Å². The molecule has 6 nitrogen and oxygen atoms in total. The molecule has 0 radical (unpaired) electrons. The summed E-state index contributed by atoms with van der Waals surface area (Å²) in [6, 6.07) is 7.04. The van der Waals surface area contributed by atoms with E-state index in [1.165, 1.54) is 0 Å². The average Bonchev–Trinajstić information content (AvgIpc) is 2.46. The lowest BCUT2D eigenvalue weighted by atomic mass is 10.1. The largest absolute Gasteiger partial charge is 0.351 e. The second kappa shape index (κ2) is 6.79. The molecular formula is C16H24N4O2. The minimum atomic E-state index is -0.613. The zero-order valence-electron chi connectivity index (χ0n) is 13.4. The molecule has 1 heterocycles. The number of carbonyl (C=O) groups excluding carboxylic acids is 2. The topological polar surface area (TPSA) is 78.7 Å². The van der Waals surface area contributed by atoms with Crippen molar-refractivity contribution in [1.29, 1.82) is 0 Å². The summed E-state index contributed by atoms with van der Waals surface area (Å²) in [4.78, 5) is 27.6. The van der Waals surface area contributed by atoms with Crippen molar-refractivity contribution in [3.05, 3.63) is 29.8 Å². The molecule has 0 aromatic heterocycles. The number of anilines is 1. The third-order valence-electron chi connectivity index (χ3n) is 4.03. The van der Waals surface area contributed by atoms with Crippen LogP contribution >= 0.6 is 0 Å². The molecule has 22 heavy (non-hydrogen) atoms. The highest BCUT2D eigenvalue weighted by Crippen LogP contribution is 2.17. The number of amides is 3. The number of nitrogens with one attached hydrogen (secondary N) is 1. The van der Waals surface area contributed by atoms with Gasteiger partial charge in [0.15, 0.2) is 0 Å². The van der Waals surface area contributed by atoms with Crippen molar-refractivity contribution in [2.24, 2.45) is 5.73 Å². The predicted molar refractivity (Wildman–Crippen MR) is 86.9 cm³/mol. The van der Waals surface area contributed by atoms with Crippen molar-refractivity contribution in [3.8, 4) is 0 Å². The first-order chi connectivity index (χ1) is 10.4. The Morgan fingerprint density at radius 3 is 2.36 bits per heavy atom. The van der Waals surface area contributed by atoms with Gasteiger partial charge in [-0.15, -0.1) is 0 Å². The lowest BCUT2D eigenvalue weighted by Crippen LogP contribution is -2.55. The third-order valence-corrected chi connectivity index (χ3v) is 4.03. The lowest BCUT2D eigenvalue weighted by Gasteiger charge is -2.42. The van der Waals surface area contributed by atoms with Gasteiger partial charge in [0, 0.05) is 43.0 Å². The molecular weight excluding hydrogens is 280 g/mol. The molecule has 1 aliphatic rings. The molecule has 1 aliphatic heterocycles. The van der Waals surface area contributed by atoms with Gasteiger partial charge in [-0.2, -0.15) is 0 Å². The molecule has 0 unspecified atom stereocenters. The monoisotopic (exact) mass is 304 g/mol. The van der Waals surface area contributed by atoms with Crippen molar-refractivity contribution in [2.45, 2.75) is 32.9 Å². The molecule has 120 valence electrons. The first-order valence-corrected chi connectivity index (χ1v) is 7.60. The van der Waals surface area contributed by atoms with Gasteiger partial charge in [0.05, 0.1) is 0 Å². The summed E-state index contributed by atoms with van der Waals surface area (Å²) in [5.74, 6) is 0.0286. The summed E-state index contributed by atoms with van der Waals surface area (Å²) in [5, 5.41) is 2.48. The van der Waals surface area contributed by atoms with Crippen LogP contribution in [-0.2, 0) is 0 Å². The van der Waals surface area contributed by atoms with E-state index < -0.39 is 6.03 Å². The lowest BCUT2D eigenvalue weighted by molar-refractivity contribution is 0.0426. The number of rotatable bonds is 3. The maximum Gasteiger partial charge on any atom is 0.316 e. The highest BCUT2D eigenvalue weighted by molar-refractivity contribution is 5.95. The summed E-state index contributed by atoms with van der Waals surface area (Å²) in [5.41, 5.74) is 6.27. The van der Waals surface area contributed by atoms with Gasteiger partial charge in [-0.05, 0) is 45.0 Å². The third kappa shape index (κ3) is 3.76. The van der Waals surface area contributed by atoms with Gasteiger partial charge in [0.2, 0.25) is 0 Å². The highest BCUT2D eigenvalue weighted by atomic mass is 16.2. The number of piperazine rings is 1. The molecule has 1 atom stereocenters. The van der Waals surface area contributed by atoms with Gasteiger partial charge in [0.25, 0.3) is 5.91 Å². The van der Waals surface area contributed by atoms with Crippen LogP contribution in [0.1, 0.15) is 31.1 Å². The van der Waals surface area contributed by atoms with Crippen molar-refractivity contribution in [1.82, 2.24) is 9.80 Å². The molecule has 1 saturated heterocycles. The van der Waals surface area contributed by atoms with Crippen LogP contribution in [0, 0.1) is 0 Å². The number of hydrogen-bond donors (Lipinski definition) is 2. The number of carbonyl (C=O) groups is 2. The van der Waals surface area contributed by atoms with Crippen molar-refractivity contribution in [2.75, 3.05) is 25.0 Å². The smallest absolute Gasteiger partial charge is 0.316 e. The number of benzene rings is 1. The summed E-state index contributed by atoms with van der Waals surface area (Å²) >= 11 is 0. The second-order valence-corrected chi connectivity index (χ2v) is 6.00. The van der Waals surface area contributed by atoms with Crippen LogP contribution in [0.25, 0.3) is 0 Å². The summed E-state index contributed by atoms with van der Waals surface area (Å²) < 4.78 is 0. The first kappa shape index (κ1) is 16.3. The van der Waals surface area contributed by atoms with E-state index >= 15 is 0 Å². The Balaban J connectivity index is 2.01. The van der Waals surface area contributed by atoms with Crippen LogP contribution in [0.4, 0.5) is 10.5 Å². The Labute approximate surface area is 131 Å². The van der Waals surface area contributed by atoms with E-state index in [4.69, 9.17) is 5.73 Å². The van der Waals surface area contributed by atoms with Crippen LogP contribution in [0.5, 0.6) is 0 Å². The molecule has 2 rings (SSSR count). The molecule has 0 bridgehead atoms. The van der Waals surface area contributed by atoms with E-state index in [9.17, 15) is 9.59 Å². The summed E-state index contributed by atoms with van der Waals surface area (Å²) in [6.45, 7) is 8.88. The van der Waals surface area contributed by atoms with Crippen molar-refractivity contribution in [3.63, 3.8) is 0 Å². The second-order valence-electron chi connectivity index (χ2n) is 6.00. The van der Waals surface area contributed by atoms with E-state index in [0.29, 0.717) is 23.3 Å². The van der Waals surface area contributed by atoms with Gasteiger partial charge in [0.1, 0.15) is 0 Å². The Morgan fingerprint density at radius 1 is 1.23 bits per heavy atom. The average molecular weight is 304 g/mol. The molecule has 6 heteroatoms. The van der Waals surface area contributed by atoms with Crippen molar-refractivity contribution < 1.29 is 9.59 Å². The maximum absolute atomic E-state index is 12.6. The minimum Gasteiger partial charge on any atom is -0.351 e. The normalized spacial score (nSPS) is 19.3. The Morgan fingerprint density at radius 2 is 1.86 bits per heavy atom. The van der Waals surface area contributed by atoms with Crippen LogP contribution in [0.15, 0.2) is 24.3 Å². The highest BCUT2D eigenvalue weighted by Gasteiger charge is 2.28. The van der Waals surface area contributed by atoms with E-state index in [-0.39, 0.29) is 5.91 Å². The maximum atomic E-state index is 12.6. The van der Waals surface area contributed by atoms with Crippen LogP contribution in [-0.4, -0.2) is 53.5 Å². The fraction of sp³-hybridized carbons (Fsp3) is 0.500. The predicted octanol–water partition coefficient (Wildman–Crippen LogP) is 1.73. The fourth-order valence-electron chi connectivity index (χ4n) is 2.94. The molecule has 0 aliphatic carbocycles. The van der Waals surface area contributed by atoms with Crippen LogP contribution in [0.3, 0.4) is 0 Å². The van der Waals surface area contributed by atoms with Crippen LogP contribution < -0.4 is 11.1 Å². The quantitative estimate of drug-likeness (QED) is 0.892. The summed E-state index contributed by atoms with van der Waals surface area (Å²) in [6.07, 6.45) is 0. The van der Waals surface area contributed by atoms with Crippen LogP contribution in [0.2, 0.25) is 0 Å². The Hall–Kier alpha value is -2.08. The number of nitrogens with two attached hydrogens (primary N) is 1. The van der Waals surface area contributed by atoms with Gasteiger partial charge in [-0.1, -0.05) is 0 Å². The molecule has 1 fully saturated rings. The fourth-order valence-corrected chi connectivity index (χ4v) is 2.94. The molecule has 3 N–H and O–H groups in total. The van der Waals surface area contributed by atoms with E-state index in [1.54, 1.807) is 24.3 Å². The zero-order valence-corrected chi connectivity index (χ0v) is 13.4. The van der Waals surface area contributed by atoms with Gasteiger partial charge >= 0.3 is 6.03 Å². The number of hydrogen-bond acceptors (Lipinski definition) is 3. The number of urea groups is 1. The standard InChI is InChI=1S/C16H24N4O2/c1-11(2)20-9-8-19(10-12(20)3)15(21)13-4-6-14(7-5-13)18-16(17)22/h4-7,11-12H,8-10H2,1-3H3,(H3,17,18,22)/t12-/m1/s1. The summed E-state index contributed by atoms with van der Waals surface area (Å²) in [7, 11) is 0. The molecule has 1 aromatic carbocycles.